The van der Waals surface area contributed by atoms with Gasteiger partial charge in [-0.25, -0.2) is 0 Å². The van der Waals surface area contributed by atoms with Crippen LogP contribution in [0, 0.1) is 0 Å². The Bertz CT molecular complexity index is 4000. The summed E-state index contributed by atoms with van der Waals surface area (Å²) >= 11 is 0. The summed E-state index contributed by atoms with van der Waals surface area (Å²) in [6.45, 7) is 0. The summed E-state index contributed by atoms with van der Waals surface area (Å²) in [6.07, 6.45) is 9.71. The minimum Gasteiger partial charge on any atom is -0.450 e. The molecule has 0 radical (unpaired) electrons. The van der Waals surface area contributed by atoms with E-state index in [0.29, 0.717) is 0 Å². The largest absolute Gasteiger partial charge is 0.450 e. The highest BCUT2D eigenvalue weighted by Crippen LogP contribution is 2.65. The molecule has 4 heteroatoms. The van der Waals surface area contributed by atoms with E-state index < -0.39 is 5.41 Å². The highest BCUT2D eigenvalue weighted by Gasteiger charge is 2.52. The third-order valence-corrected chi connectivity index (χ3v) is 15.2. The molecule has 11 aromatic rings. The Morgan fingerprint density at radius 3 is 1.81 bits per heavy atom. The molecule has 0 saturated heterocycles. The number of benzene rings is 9. The highest BCUT2D eigenvalue weighted by molar-refractivity contribution is 6.10. The Labute approximate surface area is 405 Å². The quantitative estimate of drug-likeness (QED) is 0.173. The standard InChI is InChI=1S/C66H42N2O2/c1-3-15-41(16-4-1)46-37-58(42-17-5-2-6-18-42)67-59(38-46)43-27-31-47(32-28-43)68-60-24-12-9-21-51(60)53-35-44(30-34-61(53)68)45-29-33-50-52-39-64-65(70-63-26-14-13-25-62(63)69-64)40-57(52)66(56(50)36-45)54-22-10-7-19-48(54)49-20-8-11-23-55(49)66/h1-17,19-40,42H,18H2. The van der Waals surface area contributed by atoms with Gasteiger partial charge in [-0.15, -0.1) is 0 Å². The zero-order chi connectivity index (χ0) is 45.9. The lowest BCUT2D eigenvalue weighted by Crippen LogP contribution is -2.26. The lowest BCUT2D eigenvalue weighted by Gasteiger charge is -2.31. The number of aromatic nitrogens is 2. The zero-order valence-corrected chi connectivity index (χ0v) is 38.0. The van der Waals surface area contributed by atoms with Crippen LogP contribution in [-0.2, 0) is 5.41 Å². The molecule has 1 atom stereocenters. The summed E-state index contributed by atoms with van der Waals surface area (Å²) in [7, 11) is 0. The normalized spacial score (nSPS) is 15.2. The first kappa shape index (κ1) is 39.0. The highest BCUT2D eigenvalue weighted by atomic mass is 16.6. The van der Waals surface area contributed by atoms with E-state index in [9.17, 15) is 0 Å². The number of hydrogen-bond acceptors (Lipinski definition) is 3. The molecule has 1 spiro atoms. The van der Waals surface area contributed by atoms with E-state index in [1.54, 1.807) is 0 Å². The first-order valence-electron chi connectivity index (χ1n) is 24.2. The van der Waals surface area contributed by atoms with Crippen molar-refractivity contribution in [1.82, 2.24) is 9.55 Å². The van der Waals surface area contributed by atoms with Gasteiger partial charge in [-0.1, -0.05) is 164 Å². The van der Waals surface area contributed by atoms with Gasteiger partial charge in [0.15, 0.2) is 23.0 Å². The maximum atomic E-state index is 6.62. The number of pyridine rings is 1. The molecule has 9 aromatic carbocycles. The molecular formula is C66H42N2O2. The summed E-state index contributed by atoms with van der Waals surface area (Å²) in [5.41, 5.74) is 20.7. The van der Waals surface area contributed by atoms with Crippen molar-refractivity contribution in [3.63, 3.8) is 0 Å². The van der Waals surface area contributed by atoms with Gasteiger partial charge in [-0.05, 0) is 146 Å². The Morgan fingerprint density at radius 2 is 1.04 bits per heavy atom. The predicted molar refractivity (Wildman–Crippen MR) is 283 cm³/mol. The molecule has 328 valence electrons. The van der Waals surface area contributed by atoms with Crippen LogP contribution in [0.4, 0.5) is 0 Å². The summed E-state index contributed by atoms with van der Waals surface area (Å²) < 4.78 is 15.6. The Morgan fingerprint density at radius 1 is 0.414 bits per heavy atom. The molecule has 15 rings (SSSR count). The van der Waals surface area contributed by atoms with Crippen molar-refractivity contribution in [2.75, 3.05) is 0 Å². The van der Waals surface area contributed by atoms with Crippen molar-refractivity contribution < 1.29 is 9.47 Å². The Kier molecular flexibility index (Phi) is 8.37. The number of nitrogens with zero attached hydrogens (tertiary/aromatic N) is 2. The summed E-state index contributed by atoms with van der Waals surface area (Å²) in [4.78, 5) is 5.29. The molecule has 0 bridgehead atoms. The molecule has 0 fully saturated rings. The third-order valence-electron chi connectivity index (χ3n) is 15.2. The molecule has 3 heterocycles. The van der Waals surface area contributed by atoms with E-state index in [4.69, 9.17) is 14.5 Å². The first-order chi connectivity index (χ1) is 34.7. The van der Waals surface area contributed by atoms with Crippen molar-refractivity contribution >= 4 is 21.8 Å². The van der Waals surface area contributed by atoms with Crippen LogP contribution in [0.1, 0.15) is 40.3 Å². The van der Waals surface area contributed by atoms with Gasteiger partial charge >= 0.3 is 0 Å². The second-order valence-electron chi connectivity index (χ2n) is 18.9. The maximum absolute atomic E-state index is 6.62. The van der Waals surface area contributed by atoms with E-state index in [-0.39, 0.29) is 5.92 Å². The molecule has 2 aromatic heterocycles. The van der Waals surface area contributed by atoms with Crippen LogP contribution in [0.2, 0.25) is 0 Å². The van der Waals surface area contributed by atoms with Crippen LogP contribution >= 0.6 is 0 Å². The van der Waals surface area contributed by atoms with Gasteiger partial charge in [0.05, 0.1) is 22.1 Å². The van der Waals surface area contributed by atoms with Gasteiger partial charge in [0.2, 0.25) is 0 Å². The molecule has 0 saturated carbocycles. The number of allylic oxidation sites excluding steroid dienone is 4. The van der Waals surface area contributed by atoms with Gasteiger partial charge in [-0.2, -0.15) is 0 Å². The van der Waals surface area contributed by atoms with E-state index in [1.165, 1.54) is 83.1 Å². The average molecular weight is 895 g/mol. The topological polar surface area (TPSA) is 36.3 Å². The lowest BCUT2D eigenvalue weighted by atomic mass is 9.70. The second kappa shape index (κ2) is 15.0. The zero-order valence-electron chi connectivity index (χ0n) is 38.0. The smallest absolute Gasteiger partial charge is 0.170 e. The van der Waals surface area contributed by atoms with Gasteiger partial charge in [-0.3, -0.25) is 4.98 Å². The van der Waals surface area contributed by atoms with E-state index in [0.717, 1.165) is 57.6 Å². The Balaban J connectivity index is 0.855. The van der Waals surface area contributed by atoms with Crippen molar-refractivity contribution in [3.8, 4) is 84.5 Å². The van der Waals surface area contributed by atoms with Gasteiger partial charge in [0.1, 0.15) is 0 Å². The van der Waals surface area contributed by atoms with Crippen molar-refractivity contribution in [1.29, 1.82) is 0 Å². The van der Waals surface area contributed by atoms with Crippen LogP contribution in [0.5, 0.6) is 23.0 Å². The number of para-hydroxylation sites is 3. The molecule has 70 heavy (non-hydrogen) atoms. The third kappa shape index (κ3) is 5.68. The molecule has 0 amide bonds. The number of rotatable bonds is 5. The van der Waals surface area contributed by atoms with Crippen LogP contribution in [0.3, 0.4) is 0 Å². The average Bonchev–Trinajstić information content (AvgIpc) is 4.03. The summed E-state index contributed by atoms with van der Waals surface area (Å²) in [5, 5.41) is 2.43. The maximum Gasteiger partial charge on any atom is 0.170 e. The predicted octanol–water partition coefficient (Wildman–Crippen LogP) is 17.0. The van der Waals surface area contributed by atoms with E-state index in [2.05, 4.69) is 217 Å². The van der Waals surface area contributed by atoms with Crippen LogP contribution < -0.4 is 9.47 Å². The van der Waals surface area contributed by atoms with Crippen molar-refractivity contribution in [2.24, 2.45) is 0 Å². The molecule has 1 aliphatic heterocycles. The minimum atomic E-state index is -0.556. The molecule has 1 unspecified atom stereocenters. The fourth-order valence-electron chi connectivity index (χ4n) is 12.0. The Hall–Kier alpha value is -8.99. The van der Waals surface area contributed by atoms with Crippen molar-refractivity contribution in [2.45, 2.75) is 17.8 Å². The minimum absolute atomic E-state index is 0.244. The molecule has 4 aliphatic rings. The fraction of sp³-hybridized carbons (Fsp3) is 0.0455. The van der Waals surface area contributed by atoms with Gasteiger partial charge < -0.3 is 14.0 Å². The number of fused-ring (bicyclic) bond motifs is 15. The van der Waals surface area contributed by atoms with Crippen LogP contribution in [0.25, 0.3) is 83.3 Å². The SMILES string of the molecule is C1=CCC(c2cc(-c3ccccc3)cc(-c3ccc(-n4c5ccccc5c5cc(-c6ccc7c(c6)C6(c8ccccc8-c8ccccc86)c6cc8c(cc6-7)Oc6ccccc6O8)ccc54)cc3)n2)C=C1. The van der Waals surface area contributed by atoms with Crippen LogP contribution in [-0.4, -0.2) is 9.55 Å². The molecule has 4 nitrogen and oxygen atoms in total. The molecule has 0 N–H and O–H groups in total. The molecule has 3 aliphatic carbocycles. The lowest BCUT2D eigenvalue weighted by molar-refractivity contribution is 0.359. The van der Waals surface area contributed by atoms with Gasteiger partial charge in [0, 0.05) is 33.6 Å². The van der Waals surface area contributed by atoms with Crippen LogP contribution in [0.15, 0.2) is 237 Å². The van der Waals surface area contributed by atoms with Crippen molar-refractivity contribution in [3.05, 3.63) is 265 Å². The number of hydrogen-bond donors (Lipinski definition) is 0. The fourth-order valence-corrected chi connectivity index (χ4v) is 12.0. The van der Waals surface area contributed by atoms with Gasteiger partial charge in [0.25, 0.3) is 0 Å². The van der Waals surface area contributed by atoms with E-state index in [1.807, 2.05) is 24.3 Å². The van der Waals surface area contributed by atoms with E-state index >= 15 is 0 Å². The number of ether oxygens (including phenoxy) is 2. The summed E-state index contributed by atoms with van der Waals surface area (Å²) in [5.74, 6) is 3.16. The monoisotopic (exact) mass is 894 g/mol. The first-order valence-corrected chi connectivity index (χ1v) is 24.2. The summed E-state index contributed by atoms with van der Waals surface area (Å²) in [6, 6.07) is 77.2. The second-order valence-corrected chi connectivity index (χ2v) is 18.9. The molecular weight excluding hydrogens is 853 g/mol.